The van der Waals surface area contributed by atoms with Crippen molar-refractivity contribution in [1.29, 1.82) is 0 Å². The van der Waals surface area contributed by atoms with Crippen LogP contribution in [0.1, 0.15) is 16.6 Å². The Morgan fingerprint density at radius 2 is 1.93 bits per heavy atom. The summed E-state index contributed by atoms with van der Waals surface area (Å²) in [5.74, 6) is -0.141. The van der Waals surface area contributed by atoms with Crippen molar-refractivity contribution in [3.63, 3.8) is 0 Å². The third-order valence-electron chi connectivity index (χ3n) is 4.42. The normalized spacial score (nSPS) is 25.0. The SMILES string of the molecule is O=C(Nc1ncnc2c1ncn2C1O[C@H](CO)[C@@H](O)[C@H]1O)c1ccccc1. The average Bonchev–Trinajstić information content (AvgIpc) is 3.25. The highest BCUT2D eigenvalue weighted by molar-refractivity contribution is 6.06. The van der Waals surface area contributed by atoms with Crippen molar-refractivity contribution in [3.05, 3.63) is 48.5 Å². The van der Waals surface area contributed by atoms with Crippen LogP contribution in [-0.2, 0) is 4.74 Å². The van der Waals surface area contributed by atoms with Crippen LogP contribution in [-0.4, -0.2) is 65.7 Å². The summed E-state index contributed by atoms with van der Waals surface area (Å²) in [6, 6.07) is 8.65. The van der Waals surface area contributed by atoms with Crippen LogP contribution >= 0.6 is 0 Å². The van der Waals surface area contributed by atoms with Gasteiger partial charge in [0.25, 0.3) is 5.91 Å². The van der Waals surface area contributed by atoms with Gasteiger partial charge in [-0.15, -0.1) is 0 Å². The van der Waals surface area contributed by atoms with E-state index in [1.54, 1.807) is 24.3 Å². The lowest BCUT2D eigenvalue weighted by atomic mass is 10.1. The number of nitrogens with one attached hydrogen (secondary N) is 1. The molecule has 3 heterocycles. The lowest BCUT2D eigenvalue weighted by molar-refractivity contribution is -0.0511. The lowest BCUT2D eigenvalue weighted by Crippen LogP contribution is -2.33. The van der Waals surface area contributed by atoms with Crippen molar-refractivity contribution in [2.24, 2.45) is 0 Å². The van der Waals surface area contributed by atoms with Gasteiger partial charge in [0.15, 0.2) is 23.2 Å². The van der Waals surface area contributed by atoms with E-state index in [1.165, 1.54) is 17.2 Å². The number of rotatable bonds is 4. The third-order valence-corrected chi connectivity index (χ3v) is 4.42. The van der Waals surface area contributed by atoms with Gasteiger partial charge in [0.1, 0.15) is 24.6 Å². The summed E-state index contributed by atoms with van der Waals surface area (Å²) in [4.78, 5) is 24.8. The fourth-order valence-electron chi connectivity index (χ4n) is 3.01. The van der Waals surface area contributed by atoms with Crippen LogP contribution in [0.25, 0.3) is 11.2 Å². The second-order valence-corrected chi connectivity index (χ2v) is 6.10. The smallest absolute Gasteiger partial charge is 0.256 e. The van der Waals surface area contributed by atoms with Crippen molar-refractivity contribution in [1.82, 2.24) is 19.5 Å². The lowest BCUT2D eigenvalue weighted by Gasteiger charge is -2.16. The Balaban J connectivity index is 1.65. The molecule has 1 fully saturated rings. The molecule has 10 heteroatoms. The van der Waals surface area contributed by atoms with Gasteiger partial charge in [-0.2, -0.15) is 0 Å². The van der Waals surface area contributed by atoms with Gasteiger partial charge >= 0.3 is 0 Å². The van der Waals surface area contributed by atoms with E-state index in [2.05, 4.69) is 20.3 Å². The van der Waals surface area contributed by atoms with Gasteiger partial charge in [0.05, 0.1) is 12.9 Å². The molecule has 27 heavy (non-hydrogen) atoms. The van der Waals surface area contributed by atoms with E-state index in [0.29, 0.717) is 16.7 Å². The number of carbonyl (C=O) groups excluding carboxylic acids is 1. The zero-order valence-electron chi connectivity index (χ0n) is 14.0. The monoisotopic (exact) mass is 371 g/mol. The molecule has 1 saturated heterocycles. The van der Waals surface area contributed by atoms with Gasteiger partial charge in [-0.25, -0.2) is 15.0 Å². The minimum absolute atomic E-state index is 0.208. The first-order chi connectivity index (χ1) is 13.1. The third kappa shape index (κ3) is 3.04. The summed E-state index contributed by atoms with van der Waals surface area (Å²) < 4.78 is 6.93. The fraction of sp³-hybridized carbons (Fsp3) is 0.294. The summed E-state index contributed by atoms with van der Waals surface area (Å²) in [5.41, 5.74) is 1.08. The molecule has 0 aliphatic carbocycles. The van der Waals surface area contributed by atoms with Gasteiger partial charge < -0.3 is 25.4 Å². The predicted molar refractivity (Wildman–Crippen MR) is 92.7 cm³/mol. The molecule has 0 bridgehead atoms. The first kappa shape index (κ1) is 17.5. The second-order valence-electron chi connectivity index (χ2n) is 6.10. The molecule has 0 spiro atoms. The zero-order chi connectivity index (χ0) is 19.0. The molecule has 1 aliphatic rings. The minimum atomic E-state index is -1.27. The maximum absolute atomic E-state index is 12.4. The molecule has 4 atom stereocenters. The molecule has 3 aromatic rings. The molecule has 1 unspecified atom stereocenters. The Labute approximate surface area is 153 Å². The van der Waals surface area contributed by atoms with Crippen LogP contribution in [0.2, 0.25) is 0 Å². The maximum atomic E-state index is 12.4. The van der Waals surface area contributed by atoms with E-state index in [4.69, 9.17) is 4.74 Å². The first-order valence-corrected chi connectivity index (χ1v) is 8.26. The fourth-order valence-corrected chi connectivity index (χ4v) is 3.01. The number of amides is 1. The number of aromatic nitrogens is 4. The van der Waals surface area contributed by atoms with E-state index in [1.807, 2.05) is 6.07 Å². The minimum Gasteiger partial charge on any atom is -0.394 e. The topological polar surface area (TPSA) is 143 Å². The number of carbonyl (C=O) groups is 1. The Kier molecular flexibility index (Phi) is 4.54. The Hall–Kier alpha value is -2.92. The van der Waals surface area contributed by atoms with Crippen molar-refractivity contribution in [3.8, 4) is 0 Å². The van der Waals surface area contributed by atoms with Crippen LogP contribution in [0.3, 0.4) is 0 Å². The number of ether oxygens (including phenoxy) is 1. The van der Waals surface area contributed by atoms with E-state index in [9.17, 15) is 20.1 Å². The number of nitrogens with zero attached hydrogens (tertiary/aromatic N) is 4. The summed E-state index contributed by atoms with van der Waals surface area (Å²) >= 11 is 0. The Bertz CT molecular complexity index is 963. The van der Waals surface area contributed by atoms with Crippen LogP contribution in [0.4, 0.5) is 5.82 Å². The summed E-state index contributed by atoms with van der Waals surface area (Å²) in [5, 5.41) is 32.1. The van der Waals surface area contributed by atoms with E-state index in [0.717, 1.165) is 0 Å². The number of hydrogen-bond donors (Lipinski definition) is 4. The number of hydrogen-bond acceptors (Lipinski definition) is 8. The summed E-state index contributed by atoms with van der Waals surface area (Å²) in [6.07, 6.45) is -1.77. The number of fused-ring (bicyclic) bond motifs is 1. The predicted octanol–water partition coefficient (Wildman–Crippen LogP) is -0.310. The standard InChI is InChI=1S/C17H17N5O5/c23-6-10-12(24)13(25)17(27-10)22-8-20-11-14(18-7-19-15(11)22)21-16(26)9-4-2-1-3-5-9/h1-5,7-8,10,12-13,17,23-25H,6H2,(H,18,19,21,26)/t10-,12-,13-,17?/m1/s1. The van der Waals surface area contributed by atoms with Crippen LogP contribution in [0, 0.1) is 0 Å². The first-order valence-electron chi connectivity index (χ1n) is 8.26. The highest BCUT2D eigenvalue weighted by atomic mass is 16.6. The Morgan fingerprint density at radius 1 is 1.15 bits per heavy atom. The number of aliphatic hydroxyl groups excluding tert-OH is 3. The van der Waals surface area contributed by atoms with Crippen LogP contribution < -0.4 is 5.32 Å². The highest BCUT2D eigenvalue weighted by Gasteiger charge is 2.44. The van der Waals surface area contributed by atoms with Gasteiger partial charge in [0, 0.05) is 5.56 Å². The highest BCUT2D eigenvalue weighted by Crippen LogP contribution is 2.32. The van der Waals surface area contributed by atoms with Crippen molar-refractivity contribution in [2.45, 2.75) is 24.5 Å². The van der Waals surface area contributed by atoms with Crippen LogP contribution in [0.5, 0.6) is 0 Å². The molecule has 140 valence electrons. The van der Waals surface area contributed by atoms with E-state index < -0.39 is 31.1 Å². The quantitative estimate of drug-likeness (QED) is 0.489. The number of anilines is 1. The molecule has 10 nitrogen and oxygen atoms in total. The molecular formula is C17H17N5O5. The Morgan fingerprint density at radius 3 is 2.63 bits per heavy atom. The molecule has 0 saturated carbocycles. The summed E-state index contributed by atoms with van der Waals surface area (Å²) in [6.45, 7) is -0.436. The number of imidazole rings is 1. The molecule has 1 amide bonds. The van der Waals surface area contributed by atoms with Crippen molar-refractivity contribution >= 4 is 22.9 Å². The molecule has 1 aliphatic heterocycles. The largest absolute Gasteiger partial charge is 0.394 e. The summed E-state index contributed by atoms with van der Waals surface area (Å²) in [7, 11) is 0. The molecule has 1 aromatic carbocycles. The van der Waals surface area contributed by atoms with Crippen molar-refractivity contribution in [2.75, 3.05) is 11.9 Å². The molecule has 4 rings (SSSR count). The van der Waals surface area contributed by atoms with Crippen LogP contribution in [0.15, 0.2) is 43.0 Å². The van der Waals surface area contributed by atoms with Gasteiger partial charge in [-0.1, -0.05) is 18.2 Å². The second kappa shape index (κ2) is 7.00. The number of aliphatic hydroxyl groups is 3. The zero-order valence-corrected chi connectivity index (χ0v) is 14.0. The molecule has 2 aromatic heterocycles. The molecule has 0 radical (unpaired) electrons. The van der Waals surface area contributed by atoms with Gasteiger partial charge in [-0.05, 0) is 12.1 Å². The van der Waals surface area contributed by atoms with E-state index in [-0.39, 0.29) is 11.7 Å². The number of benzene rings is 1. The maximum Gasteiger partial charge on any atom is 0.256 e. The van der Waals surface area contributed by atoms with Gasteiger partial charge in [0.2, 0.25) is 0 Å². The molecular weight excluding hydrogens is 354 g/mol. The van der Waals surface area contributed by atoms with E-state index >= 15 is 0 Å². The van der Waals surface area contributed by atoms with Gasteiger partial charge in [-0.3, -0.25) is 9.36 Å². The van der Waals surface area contributed by atoms with Crippen molar-refractivity contribution < 1.29 is 24.9 Å². The molecule has 4 N–H and O–H groups in total. The average molecular weight is 371 g/mol.